The molecule has 124 valence electrons. The summed E-state index contributed by atoms with van der Waals surface area (Å²) >= 11 is 0. The van der Waals surface area contributed by atoms with Crippen LogP contribution in [-0.4, -0.2) is 0 Å². The van der Waals surface area contributed by atoms with Crippen LogP contribution in [0.15, 0.2) is 97.1 Å². The molecule has 0 amide bonds. The molecule has 1 N–H and O–H groups in total. The molecule has 0 aromatic heterocycles. The molecule has 1 aliphatic rings. The molecule has 0 bridgehead atoms. The molecule has 0 saturated heterocycles. The Labute approximate surface area is 150 Å². The van der Waals surface area contributed by atoms with Crippen molar-refractivity contribution in [2.75, 3.05) is 5.32 Å². The minimum atomic E-state index is 0. The van der Waals surface area contributed by atoms with Gasteiger partial charge >= 0.3 is 0 Å². The molecule has 25 heavy (non-hydrogen) atoms. The molecule has 0 saturated carbocycles. The molecule has 0 heterocycles. The van der Waals surface area contributed by atoms with Gasteiger partial charge in [-0.1, -0.05) is 72.8 Å². The maximum atomic E-state index is 3.48. The fourth-order valence-electron chi connectivity index (χ4n) is 3.12. The van der Waals surface area contributed by atoms with Gasteiger partial charge in [-0.2, -0.15) is 0 Å². The highest BCUT2D eigenvalue weighted by Crippen LogP contribution is 2.25. The fourth-order valence-corrected chi connectivity index (χ4v) is 3.12. The van der Waals surface area contributed by atoms with Gasteiger partial charge in [0, 0.05) is 12.8 Å². The Balaban J connectivity index is 0.00000196. The van der Waals surface area contributed by atoms with Gasteiger partial charge in [0.2, 0.25) is 0 Å². The van der Waals surface area contributed by atoms with Crippen molar-refractivity contribution < 1.29 is 1.43 Å². The molecule has 0 fully saturated rings. The van der Waals surface area contributed by atoms with E-state index in [0.29, 0.717) is 0 Å². The van der Waals surface area contributed by atoms with Gasteiger partial charge in [-0.25, -0.2) is 0 Å². The normalized spacial score (nSPS) is 13.4. The van der Waals surface area contributed by atoms with E-state index in [2.05, 4.69) is 96.3 Å². The molecule has 3 aromatic carbocycles. The third kappa shape index (κ3) is 3.72. The van der Waals surface area contributed by atoms with E-state index in [0.717, 1.165) is 24.2 Å². The number of hydrogen-bond acceptors (Lipinski definition) is 1. The molecule has 3 aromatic rings. The van der Waals surface area contributed by atoms with Gasteiger partial charge in [0.1, 0.15) is 0 Å². The summed E-state index contributed by atoms with van der Waals surface area (Å²) in [5.74, 6) is 0. The highest BCUT2D eigenvalue weighted by molar-refractivity contribution is 5.76. The zero-order valence-electron chi connectivity index (χ0n) is 14.2. The van der Waals surface area contributed by atoms with E-state index in [1.165, 1.54) is 22.3 Å². The summed E-state index contributed by atoms with van der Waals surface area (Å²) in [6.45, 7) is 0. The highest BCUT2D eigenvalue weighted by Gasteiger charge is 2.02. The van der Waals surface area contributed by atoms with E-state index in [4.69, 9.17) is 0 Å². The average molecular weight is 325 g/mol. The van der Waals surface area contributed by atoms with Crippen LogP contribution in [0.4, 0.5) is 11.4 Å². The zero-order valence-corrected chi connectivity index (χ0v) is 14.2. The summed E-state index contributed by atoms with van der Waals surface area (Å²) in [5.41, 5.74) is 7.29. The third-order valence-corrected chi connectivity index (χ3v) is 4.49. The molecule has 0 unspecified atom stereocenters. The molecular formula is C24H23N. The minimum absolute atomic E-state index is 0. The van der Waals surface area contributed by atoms with Gasteiger partial charge < -0.3 is 5.32 Å². The van der Waals surface area contributed by atoms with Gasteiger partial charge in [-0.15, -0.1) is 0 Å². The van der Waals surface area contributed by atoms with Gasteiger partial charge in [-0.3, -0.25) is 0 Å². The van der Waals surface area contributed by atoms with E-state index >= 15 is 0 Å². The topological polar surface area (TPSA) is 12.0 Å². The third-order valence-electron chi connectivity index (χ3n) is 4.49. The van der Waals surface area contributed by atoms with Gasteiger partial charge in [0.25, 0.3) is 0 Å². The first kappa shape index (κ1) is 15.5. The van der Waals surface area contributed by atoms with Crippen LogP contribution in [-0.2, 0) is 0 Å². The Hall–Kier alpha value is -3.06. The molecule has 0 radical (unpaired) electrons. The van der Waals surface area contributed by atoms with Crippen molar-refractivity contribution in [2.24, 2.45) is 0 Å². The second-order valence-electron chi connectivity index (χ2n) is 6.28. The Morgan fingerprint density at radius 2 is 1.20 bits per heavy atom. The number of hydrogen-bond donors (Lipinski definition) is 1. The van der Waals surface area contributed by atoms with E-state index in [-0.39, 0.29) is 1.43 Å². The first-order chi connectivity index (χ1) is 12.4. The summed E-state index contributed by atoms with van der Waals surface area (Å²) in [4.78, 5) is 0. The molecule has 0 aliphatic heterocycles. The van der Waals surface area contributed by atoms with Crippen LogP contribution in [0.25, 0.3) is 16.7 Å². The van der Waals surface area contributed by atoms with Crippen LogP contribution in [0, 0.1) is 0 Å². The lowest BCUT2D eigenvalue weighted by molar-refractivity contribution is 1.04. The first-order valence-electron chi connectivity index (χ1n) is 8.78. The number of anilines is 2. The van der Waals surface area contributed by atoms with Crippen LogP contribution in [0.2, 0.25) is 0 Å². The first-order valence-corrected chi connectivity index (χ1v) is 8.78. The van der Waals surface area contributed by atoms with Crippen molar-refractivity contribution in [3.05, 3.63) is 103 Å². The lowest BCUT2D eigenvalue weighted by Gasteiger charge is -2.10. The lowest BCUT2D eigenvalue weighted by Crippen LogP contribution is -1.91. The monoisotopic (exact) mass is 325 g/mol. The second-order valence-corrected chi connectivity index (χ2v) is 6.28. The van der Waals surface area contributed by atoms with Crippen LogP contribution in [0.3, 0.4) is 0 Å². The second kappa shape index (κ2) is 7.23. The number of benzene rings is 3. The largest absolute Gasteiger partial charge is 0.356 e. The minimum Gasteiger partial charge on any atom is -0.356 e. The summed E-state index contributed by atoms with van der Waals surface area (Å²) in [7, 11) is 0. The van der Waals surface area contributed by atoms with Crippen LogP contribution in [0.5, 0.6) is 0 Å². The number of rotatable bonds is 4. The molecule has 0 spiro atoms. The lowest BCUT2D eigenvalue weighted by atomic mass is 9.99. The van der Waals surface area contributed by atoms with E-state index < -0.39 is 0 Å². The maximum absolute atomic E-state index is 3.48. The Morgan fingerprint density at radius 1 is 0.600 bits per heavy atom. The summed E-state index contributed by atoms with van der Waals surface area (Å²) in [6.07, 6.45) is 9.07. The van der Waals surface area contributed by atoms with Gasteiger partial charge in [-0.05, 0) is 59.4 Å². The predicted octanol–water partition coefficient (Wildman–Crippen LogP) is 7.08. The van der Waals surface area contributed by atoms with Crippen molar-refractivity contribution in [3.8, 4) is 11.1 Å². The zero-order chi connectivity index (χ0) is 16.9. The van der Waals surface area contributed by atoms with E-state index in [1.807, 2.05) is 6.07 Å². The van der Waals surface area contributed by atoms with Crippen LogP contribution >= 0.6 is 0 Å². The van der Waals surface area contributed by atoms with Crippen molar-refractivity contribution in [2.45, 2.75) is 12.8 Å². The summed E-state index contributed by atoms with van der Waals surface area (Å²) in [5, 5.41) is 3.48. The van der Waals surface area contributed by atoms with Crippen LogP contribution in [0.1, 0.15) is 19.8 Å². The Kier molecular flexibility index (Phi) is 4.47. The molecule has 1 nitrogen and oxygen atoms in total. The molecule has 0 atom stereocenters. The van der Waals surface area contributed by atoms with Gasteiger partial charge in [0.05, 0.1) is 0 Å². The van der Waals surface area contributed by atoms with Crippen molar-refractivity contribution in [1.29, 1.82) is 0 Å². The van der Waals surface area contributed by atoms with E-state index in [1.54, 1.807) is 0 Å². The molecular weight excluding hydrogens is 302 g/mol. The summed E-state index contributed by atoms with van der Waals surface area (Å²) in [6, 6.07) is 27.7. The standard InChI is InChI=1S/C24H21N.H2/c1-3-7-19(8-4-1)21-11-15-23(16-12-21)25-24-17-13-22(14-18-24)20-9-5-2-6-10-20;/h1,3-5,7-18,25H,2,6H2;1H. The highest BCUT2D eigenvalue weighted by atomic mass is 14.9. The van der Waals surface area contributed by atoms with Gasteiger partial charge in [0.15, 0.2) is 0 Å². The Morgan fingerprint density at radius 3 is 1.80 bits per heavy atom. The SMILES string of the molecule is C1=CC(c2ccc(Nc3ccc(-c4ccccc4)cc3)cc2)=CCC1.[HH]. The Bertz CT molecular complexity index is 891. The average Bonchev–Trinajstić information content (AvgIpc) is 2.71. The van der Waals surface area contributed by atoms with E-state index in [9.17, 15) is 0 Å². The predicted molar refractivity (Wildman–Crippen MR) is 110 cm³/mol. The number of allylic oxidation sites excluding steroid dienone is 4. The quantitative estimate of drug-likeness (QED) is 0.540. The van der Waals surface area contributed by atoms with Crippen molar-refractivity contribution in [1.82, 2.24) is 0 Å². The van der Waals surface area contributed by atoms with Crippen molar-refractivity contribution >= 4 is 16.9 Å². The smallest absolute Gasteiger partial charge is 0.0384 e. The fraction of sp³-hybridized carbons (Fsp3) is 0.0833. The maximum Gasteiger partial charge on any atom is 0.0384 e. The molecule has 4 rings (SSSR count). The number of nitrogens with one attached hydrogen (secondary N) is 1. The molecule has 1 heteroatoms. The van der Waals surface area contributed by atoms with Crippen molar-refractivity contribution in [3.63, 3.8) is 0 Å². The van der Waals surface area contributed by atoms with Crippen LogP contribution < -0.4 is 5.32 Å². The summed E-state index contributed by atoms with van der Waals surface area (Å²) < 4.78 is 0. The molecule has 1 aliphatic carbocycles.